The van der Waals surface area contributed by atoms with Crippen molar-refractivity contribution in [2.75, 3.05) is 5.75 Å². The topological polar surface area (TPSA) is 74.7 Å². The maximum atomic E-state index is 13.6. The van der Waals surface area contributed by atoms with E-state index >= 15 is 0 Å². The van der Waals surface area contributed by atoms with Gasteiger partial charge in [-0.25, -0.2) is 12.8 Å². The van der Waals surface area contributed by atoms with E-state index in [1.54, 1.807) is 6.92 Å². The molecule has 0 aromatic heterocycles. The Morgan fingerprint density at radius 3 is 2.68 bits per heavy atom. The maximum Gasteiger partial charge on any atom is 0.322 e. The lowest BCUT2D eigenvalue weighted by Crippen LogP contribution is -2.44. The smallest absolute Gasteiger partial charge is 0.322 e. The van der Waals surface area contributed by atoms with Crippen LogP contribution in [0.2, 0.25) is 0 Å². The molecule has 1 aliphatic heterocycles. The molecule has 1 saturated heterocycles. The van der Waals surface area contributed by atoms with Gasteiger partial charge in [0.2, 0.25) is 10.0 Å². The molecule has 0 radical (unpaired) electrons. The molecule has 1 N–H and O–H groups in total. The summed E-state index contributed by atoms with van der Waals surface area (Å²) in [7, 11) is -4.16. The monoisotopic (exact) mass is 305 g/mol. The zero-order valence-corrected chi connectivity index (χ0v) is 11.6. The van der Waals surface area contributed by atoms with Crippen LogP contribution >= 0.6 is 11.8 Å². The first-order valence-electron chi connectivity index (χ1n) is 5.48. The number of carboxylic acids is 1. The van der Waals surface area contributed by atoms with Gasteiger partial charge < -0.3 is 5.11 Å². The van der Waals surface area contributed by atoms with Crippen molar-refractivity contribution in [3.05, 3.63) is 30.1 Å². The Morgan fingerprint density at radius 2 is 2.11 bits per heavy atom. The van der Waals surface area contributed by atoms with Crippen molar-refractivity contribution < 1.29 is 22.7 Å². The van der Waals surface area contributed by atoms with Crippen LogP contribution < -0.4 is 0 Å². The molecule has 0 amide bonds. The van der Waals surface area contributed by atoms with Gasteiger partial charge >= 0.3 is 5.97 Å². The Kier molecular flexibility index (Phi) is 3.84. The first-order chi connectivity index (χ1) is 8.85. The van der Waals surface area contributed by atoms with Gasteiger partial charge in [0.1, 0.15) is 16.8 Å². The average Bonchev–Trinajstić information content (AvgIpc) is 2.72. The Bertz CT molecular complexity index is 604. The van der Waals surface area contributed by atoms with Crippen LogP contribution in [0.15, 0.2) is 29.2 Å². The van der Waals surface area contributed by atoms with Gasteiger partial charge in [-0.2, -0.15) is 4.31 Å². The summed E-state index contributed by atoms with van der Waals surface area (Å²) in [5.74, 6) is -1.95. The number of rotatable bonds is 3. The predicted molar refractivity (Wildman–Crippen MR) is 68.8 cm³/mol. The Balaban J connectivity index is 2.50. The number of carbonyl (C=O) groups is 1. The molecule has 5 nitrogen and oxygen atoms in total. The Hall–Kier alpha value is -1.12. The third-order valence-corrected chi connectivity index (χ3v) is 6.20. The second-order valence-corrected chi connectivity index (χ2v) is 7.21. The molecule has 1 aliphatic rings. The third-order valence-electron chi connectivity index (χ3n) is 2.84. The molecule has 0 spiro atoms. The quantitative estimate of drug-likeness (QED) is 0.912. The molecule has 1 heterocycles. The molecule has 2 atom stereocenters. The van der Waals surface area contributed by atoms with E-state index in [-0.39, 0.29) is 5.75 Å². The molecule has 8 heteroatoms. The number of thioether (sulfide) groups is 1. The summed E-state index contributed by atoms with van der Waals surface area (Å²) in [5, 5.41) is 8.53. The summed E-state index contributed by atoms with van der Waals surface area (Å²) >= 11 is 1.21. The first kappa shape index (κ1) is 14.3. The second kappa shape index (κ2) is 5.10. The number of sulfonamides is 1. The van der Waals surface area contributed by atoms with E-state index in [0.717, 1.165) is 16.4 Å². The number of halogens is 1. The van der Waals surface area contributed by atoms with Gasteiger partial charge in [-0.15, -0.1) is 11.8 Å². The van der Waals surface area contributed by atoms with E-state index in [1.165, 1.54) is 23.9 Å². The highest BCUT2D eigenvalue weighted by atomic mass is 32.2. The molecule has 2 unspecified atom stereocenters. The van der Waals surface area contributed by atoms with Crippen LogP contribution in [-0.2, 0) is 14.8 Å². The number of carboxylic acid groups (broad SMARTS) is 1. The molecule has 19 heavy (non-hydrogen) atoms. The van der Waals surface area contributed by atoms with Crippen LogP contribution in [0.5, 0.6) is 0 Å². The molecule has 0 bridgehead atoms. The maximum absolute atomic E-state index is 13.6. The van der Waals surface area contributed by atoms with Gasteiger partial charge in [0.15, 0.2) is 0 Å². The Morgan fingerprint density at radius 1 is 1.47 bits per heavy atom. The number of benzene rings is 1. The van der Waals surface area contributed by atoms with E-state index in [2.05, 4.69) is 0 Å². The first-order valence-corrected chi connectivity index (χ1v) is 7.97. The van der Waals surface area contributed by atoms with Crippen molar-refractivity contribution in [1.29, 1.82) is 0 Å². The lowest BCUT2D eigenvalue weighted by atomic mass is 10.3. The summed E-state index contributed by atoms with van der Waals surface area (Å²) in [4.78, 5) is 10.6. The minimum Gasteiger partial charge on any atom is -0.480 e. The number of hydrogen-bond acceptors (Lipinski definition) is 4. The normalized spacial score (nSPS) is 24.5. The molecule has 1 fully saturated rings. The van der Waals surface area contributed by atoms with E-state index in [4.69, 9.17) is 5.11 Å². The SMILES string of the molecule is CC1SCC(C(=O)O)N1S(=O)(=O)c1ccccc1F. The van der Waals surface area contributed by atoms with Gasteiger partial charge in [-0.3, -0.25) is 4.79 Å². The number of hydrogen-bond donors (Lipinski definition) is 1. The van der Waals surface area contributed by atoms with E-state index in [0.29, 0.717) is 0 Å². The van der Waals surface area contributed by atoms with Gasteiger partial charge in [0, 0.05) is 5.75 Å². The fourth-order valence-corrected chi connectivity index (χ4v) is 5.30. The largest absolute Gasteiger partial charge is 0.480 e. The number of aliphatic carboxylic acids is 1. The fourth-order valence-electron chi connectivity index (χ4n) is 1.94. The molecule has 0 saturated carbocycles. The van der Waals surface area contributed by atoms with Crippen LogP contribution in [0.4, 0.5) is 4.39 Å². The van der Waals surface area contributed by atoms with Crippen molar-refractivity contribution in [2.45, 2.75) is 23.2 Å². The molecule has 1 aromatic rings. The summed E-state index contributed by atoms with van der Waals surface area (Å²) in [6.45, 7) is 1.59. The third kappa shape index (κ3) is 2.47. The highest BCUT2D eigenvalue weighted by Gasteiger charge is 2.45. The molecule has 0 aliphatic carbocycles. The van der Waals surface area contributed by atoms with Gasteiger partial charge in [0.25, 0.3) is 0 Å². The fraction of sp³-hybridized carbons (Fsp3) is 0.364. The lowest BCUT2D eigenvalue weighted by Gasteiger charge is -2.24. The van der Waals surface area contributed by atoms with Crippen LogP contribution in [0.1, 0.15) is 6.92 Å². The van der Waals surface area contributed by atoms with Crippen molar-refractivity contribution >= 4 is 27.8 Å². The molecular weight excluding hydrogens is 293 g/mol. The molecule has 104 valence electrons. The van der Waals surface area contributed by atoms with Gasteiger partial charge in [0.05, 0.1) is 5.37 Å². The highest BCUT2D eigenvalue weighted by Crippen LogP contribution is 2.34. The van der Waals surface area contributed by atoms with Gasteiger partial charge in [-0.1, -0.05) is 12.1 Å². The molecule has 2 rings (SSSR count). The minimum absolute atomic E-state index is 0.157. The van der Waals surface area contributed by atoms with Crippen LogP contribution in [0, 0.1) is 5.82 Å². The van der Waals surface area contributed by atoms with Crippen molar-refractivity contribution in [3.63, 3.8) is 0 Å². The van der Waals surface area contributed by atoms with Crippen molar-refractivity contribution in [1.82, 2.24) is 4.31 Å². The summed E-state index contributed by atoms with van der Waals surface area (Å²) in [6.07, 6.45) is 0. The summed E-state index contributed by atoms with van der Waals surface area (Å²) in [5.41, 5.74) is 0. The molecule has 1 aromatic carbocycles. The van der Waals surface area contributed by atoms with Crippen molar-refractivity contribution in [2.24, 2.45) is 0 Å². The zero-order valence-electron chi connectivity index (χ0n) is 9.98. The van der Waals surface area contributed by atoms with E-state index in [9.17, 15) is 17.6 Å². The van der Waals surface area contributed by atoms with E-state index in [1.807, 2.05) is 0 Å². The number of nitrogens with zero attached hydrogens (tertiary/aromatic N) is 1. The van der Waals surface area contributed by atoms with Crippen LogP contribution in [-0.4, -0.2) is 41.0 Å². The summed E-state index contributed by atoms with van der Waals surface area (Å²) in [6, 6.07) is 3.80. The standard InChI is InChI=1S/C11H12FNO4S2/c1-7-13(9(6-18-7)11(14)15)19(16,17)10-5-3-2-4-8(10)12/h2-5,7,9H,6H2,1H3,(H,14,15). The predicted octanol–water partition coefficient (Wildman–Crippen LogP) is 1.36. The minimum atomic E-state index is -4.16. The summed E-state index contributed by atoms with van der Waals surface area (Å²) < 4.78 is 39.3. The lowest BCUT2D eigenvalue weighted by molar-refractivity contribution is -0.140. The van der Waals surface area contributed by atoms with Crippen molar-refractivity contribution in [3.8, 4) is 0 Å². The van der Waals surface area contributed by atoms with Gasteiger partial charge in [-0.05, 0) is 19.1 Å². The second-order valence-electron chi connectivity index (χ2n) is 4.05. The zero-order chi connectivity index (χ0) is 14.2. The molecular formula is C11H12FNO4S2. The van der Waals surface area contributed by atoms with Crippen LogP contribution in [0.25, 0.3) is 0 Å². The van der Waals surface area contributed by atoms with Crippen LogP contribution in [0.3, 0.4) is 0 Å². The average molecular weight is 305 g/mol. The highest BCUT2D eigenvalue weighted by molar-refractivity contribution is 8.01. The van der Waals surface area contributed by atoms with E-state index < -0.39 is 38.1 Å². The Labute approximate surface area is 114 Å².